The molecule has 21 heavy (non-hydrogen) atoms. The van der Waals surface area contributed by atoms with E-state index in [0.717, 1.165) is 57.4 Å². The molecule has 3 N–H and O–H groups in total. The van der Waals surface area contributed by atoms with Gasteiger partial charge >= 0.3 is 0 Å². The zero-order valence-electron chi connectivity index (χ0n) is 14.1. The van der Waals surface area contributed by atoms with Crippen LogP contribution in [0.5, 0.6) is 0 Å². The van der Waals surface area contributed by atoms with E-state index in [9.17, 15) is 9.90 Å². The maximum Gasteiger partial charge on any atom is 0.236 e. The van der Waals surface area contributed by atoms with Crippen molar-refractivity contribution in [3.05, 3.63) is 0 Å². The van der Waals surface area contributed by atoms with Gasteiger partial charge in [0.25, 0.3) is 0 Å². The summed E-state index contributed by atoms with van der Waals surface area (Å²) in [6.07, 6.45) is 8.47. The van der Waals surface area contributed by atoms with Gasteiger partial charge in [-0.05, 0) is 44.9 Å². The van der Waals surface area contributed by atoms with Crippen LogP contribution in [0.15, 0.2) is 0 Å². The summed E-state index contributed by atoms with van der Waals surface area (Å²) in [5, 5.41) is 16.7. The number of carbonyl (C=O) groups is 1. The van der Waals surface area contributed by atoms with Gasteiger partial charge in [-0.15, -0.1) is 0 Å². The lowest BCUT2D eigenvalue weighted by Gasteiger charge is -2.36. The largest absolute Gasteiger partial charge is 0.389 e. The lowest BCUT2D eigenvalue weighted by molar-refractivity contribution is -0.123. The summed E-state index contributed by atoms with van der Waals surface area (Å²) in [5.41, 5.74) is -0.623. The summed E-state index contributed by atoms with van der Waals surface area (Å²) in [6, 6.07) is -0.237. The molecule has 1 aliphatic carbocycles. The molecule has 0 radical (unpaired) electrons. The van der Waals surface area contributed by atoms with Gasteiger partial charge < -0.3 is 15.7 Å². The van der Waals surface area contributed by atoms with E-state index in [4.69, 9.17) is 0 Å². The molecule has 0 heterocycles. The van der Waals surface area contributed by atoms with Crippen LogP contribution in [0.4, 0.5) is 0 Å². The Bertz CT molecular complexity index is 299. The molecule has 4 nitrogen and oxygen atoms in total. The Morgan fingerprint density at radius 3 is 2.52 bits per heavy atom. The van der Waals surface area contributed by atoms with E-state index in [0.29, 0.717) is 6.54 Å². The zero-order chi connectivity index (χ0) is 15.7. The molecule has 0 aliphatic heterocycles. The van der Waals surface area contributed by atoms with E-state index in [1.807, 2.05) is 6.92 Å². The fourth-order valence-electron chi connectivity index (χ4n) is 2.98. The summed E-state index contributed by atoms with van der Waals surface area (Å²) in [7, 11) is 0. The molecular formula is C17H34N2O2. The highest BCUT2D eigenvalue weighted by Gasteiger charge is 2.33. The zero-order valence-corrected chi connectivity index (χ0v) is 14.1. The molecule has 0 aromatic rings. The third-order valence-electron chi connectivity index (χ3n) is 4.82. The molecule has 1 amide bonds. The lowest BCUT2D eigenvalue weighted by atomic mass is 9.78. The summed E-state index contributed by atoms with van der Waals surface area (Å²) < 4.78 is 0. The Morgan fingerprint density at radius 1 is 1.29 bits per heavy atom. The number of hydrogen-bond acceptors (Lipinski definition) is 3. The van der Waals surface area contributed by atoms with Crippen molar-refractivity contribution in [3.8, 4) is 0 Å². The molecule has 4 heteroatoms. The smallest absolute Gasteiger partial charge is 0.236 e. The number of amides is 1. The van der Waals surface area contributed by atoms with Crippen LogP contribution in [0.2, 0.25) is 0 Å². The van der Waals surface area contributed by atoms with E-state index in [1.165, 1.54) is 6.42 Å². The normalized spacial score (nSPS) is 27.3. The number of hydrogen-bond donors (Lipinski definition) is 3. The first kappa shape index (κ1) is 18.4. The van der Waals surface area contributed by atoms with E-state index in [-0.39, 0.29) is 11.9 Å². The second kappa shape index (κ2) is 9.42. The minimum Gasteiger partial charge on any atom is -0.389 e. The molecule has 0 spiro atoms. The third-order valence-corrected chi connectivity index (χ3v) is 4.82. The van der Waals surface area contributed by atoms with Gasteiger partial charge in [-0.25, -0.2) is 0 Å². The summed E-state index contributed by atoms with van der Waals surface area (Å²) >= 11 is 0. The Morgan fingerprint density at radius 2 is 1.95 bits per heavy atom. The van der Waals surface area contributed by atoms with Crippen LogP contribution in [0.1, 0.15) is 72.1 Å². The predicted octanol–water partition coefficient (Wildman–Crippen LogP) is 2.60. The molecule has 1 unspecified atom stereocenters. The molecule has 124 valence electrons. The molecule has 0 aromatic heterocycles. The highest BCUT2D eigenvalue weighted by molar-refractivity contribution is 5.81. The van der Waals surface area contributed by atoms with Crippen molar-refractivity contribution in [3.63, 3.8) is 0 Å². The first-order valence-electron chi connectivity index (χ1n) is 8.74. The molecule has 1 saturated carbocycles. The maximum absolute atomic E-state index is 11.9. The SMILES string of the molecule is CCCCCNC(=O)C(C)NCC1(O)CCC(CC)CC1. The number of nitrogens with one attached hydrogen (secondary N) is 2. The van der Waals surface area contributed by atoms with Crippen molar-refractivity contribution in [1.82, 2.24) is 10.6 Å². The molecule has 0 bridgehead atoms. The van der Waals surface area contributed by atoms with Crippen molar-refractivity contribution in [2.24, 2.45) is 5.92 Å². The van der Waals surface area contributed by atoms with Gasteiger partial charge in [0.1, 0.15) is 0 Å². The maximum atomic E-state index is 11.9. The quantitative estimate of drug-likeness (QED) is 0.573. The Hall–Kier alpha value is -0.610. The molecule has 1 atom stereocenters. The van der Waals surface area contributed by atoms with Crippen molar-refractivity contribution in [2.45, 2.75) is 83.8 Å². The van der Waals surface area contributed by atoms with Crippen LogP contribution in [0.25, 0.3) is 0 Å². The van der Waals surface area contributed by atoms with Crippen molar-refractivity contribution < 1.29 is 9.90 Å². The second-order valence-electron chi connectivity index (χ2n) is 6.68. The topological polar surface area (TPSA) is 61.4 Å². The van der Waals surface area contributed by atoms with Gasteiger partial charge in [-0.2, -0.15) is 0 Å². The van der Waals surface area contributed by atoms with Gasteiger partial charge in [0.2, 0.25) is 5.91 Å². The molecular weight excluding hydrogens is 264 g/mol. The van der Waals surface area contributed by atoms with Gasteiger partial charge in [-0.3, -0.25) is 4.79 Å². The highest BCUT2D eigenvalue weighted by atomic mass is 16.3. The van der Waals surface area contributed by atoms with Gasteiger partial charge in [-0.1, -0.05) is 33.1 Å². The monoisotopic (exact) mass is 298 g/mol. The summed E-state index contributed by atoms with van der Waals surface area (Å²) in [6.45, 7) is 7.52. The summed E-state index contributed by atoms with van der Waals surface area (Å²) in [4.78, 5) is 11.9. The minimum atomic E-state index is -0.623. The first-order chi connectivity index (χ1) is 10.0. The fraction of sp³-hybridized carbons (Fsp3) is 0.941. The standard InChI is InChI=1S/C17H34N2O2/c1-4-6-7-12-18-16(20)14(3)19-13-17(21)10-8-15(5-2)9-11-17/h14-15,19,21H,4-13H2,1-3H3,(H,18,20). The molecule has 1 aliphatic rings. The predicted molar refractivity (Wildman–Crippen MR) is 87.2 cm³/mol. The lowest BCUT2D eigenvalue weighted by Crippen LogP contribution is -2.50. The Kier molecular flexibility index (Phi) is 8.27. The molecule has 0 aromatic carbocycles. The van der Waals surface area contributed by atoms with Crippen LogP contribution < -0.4 is 10.6 Å². The number of aliphatic hydroxyl groups is 1. The first-order valence-corrected chi connectivity index (χ1v) is 8.74. The van der Waals surface area contributed by atoms with E-state index < -0.39 is 5.60 Å². The third kappa shape index (κ3) is 6.79. The van der Waals surface area contributed by atoms with Crippen molar-refractivity contribution in [1.29, 1.82) is 0 Å². The van der Waals surface area contributed by atoms with Crippen LogP contribution in [0.3, 0.4) is 0 Å². The second-order valence-corrected chi connectivity index (χ2v) is 6.68. The highest BCUT2D eigenvalue weighted by Crippen LogP contribution is 2.33. The van der Waals surface area contributed by atoms with Gasteiger partial charge in [0.05, 0.1) is 11.6 Å². The van der Waals surface area contributed by atoms with Crippen LogP contribution >= 0.6 is 0 Å². The van der Waals surface area contributed by atoms with Gasteiger partial charge in [0.15, 0.2) is 0 Å². The average Bonchev–Trinajstić information content (AvgIpc) is 2.50. The van der Waals surface area contributed by atoms with E-state index in [2.05, 4.69) is 24.5 Å². The van der Waals surface area contributed by atoms with Crippen molar-refractivity contribution >= 4 is 5.91 Å². The van der Waals surface area contributed by atoms with Gasteiger partial charge in [0, 0.05) is 13.1 Å². The molecule has 0 saturated heterocycles. The average molecular weight is 298 g/mol. The number of unbranched alkanes of at least 4 members (excludes halogenated alkanes) is 2. The van der Waals surface area contributed by atoms with E-state index in [1.54, 1.807) is 0 Å². The number of rotatable bonds is 9. The minimum absolute atomic E-state index is 0.0388. The Balaban J connectivity index is 2.22. The van der Waals surface area contributed by atoms with Crippen LogP contribution in [0, 0.1) is 5.92 Å². The van der Waals surface area contributed by atoms with Crippen LogP contribution in [-0.4, -0.2) is 35.7 Å². The fourth-order valence-corrected chi connectivity index (χ4v) is 2.98. The molecule has 1 fully saturated rings. The van der Waals surface area contributed by atoms with Crippen molar-refractivity contribution in [2.75, 3.05) is 13.1 Å². The van der Waals surface area contributed by atoms with Crippen LogP contribution in [-0.2, 0) is 4.79 Å². The number of carbonyl (C=O) groups excluding carboxylic acids is 1. The summed E-state index contributed by atoms with van der Waals surface area (Å²) in [5.74, 6) is 0.807. The van der Waals surface area contributed by atoms with E-state index >= 15 is 0 Å². The molecule has 1 rings (SSSR count). The Labute approximate surface area is 130 Å².